The second-order valence-electron chi connectivity index (χ2n) is 4.53. The number of H-pyrrole nitrogens is 1. The average Bonchev–Trinajstić information content (AvgIpc) is 2.89. The van der Waals surface area contributed by atoms with Crippen molar-refractivity contribution in [3.05, 3.63) is 54.4 Å². The highest BCUT2D eigenvalue weighted by molar-refractivity contribution is 6.01. The fourth-order valence-corrected chi connectivity index (χ4v) is 2.01. The molecule has 5 heteroatoms. The molecule has 3 N–H and O–H groups in total. The molecule has 2 aromatic carbocycles. The molecule has 1 aromatic heterocycles. The van der Waals surface area contributed by atoms with Crippen LogP contribution in [0.4, 0.5) is 16.2 Å². The lowest BCUT2D eigenvalue weighted by molar-refractivity contribution is 0.262. The summed E-state index contributed by atoms with van der Waals surface area (Å²) in [5.41, 5.74) is 4.29. The van der Waals surface area contributed by atoms with Crippen LogP contribution in [0, 0.1) is 6.92 Å². The number of hydrogen-bond donors (Lipinski definition) is 3. The Balaban J connectivity index is 1.74. The zero-order chi connectivity index (χ0) is 13.9. The van der Waals surface area contributed by atoms with Gasteiger partial charge in [-0.3, -0.25) is 0 Å². The average molecular weight is 266 g/mol. The smallest absolute Gasteiger partial charge is 0.323 e. The number of fused-ring (bicyclic) bond motifs is 1. The topological polar surface area (TPSA) is 69.8 Å². The molecular formula is C15H14N4O. The van der Waals surface area contributed by atoms with Crippen LogP contribution in [-0.4, -0.2) is 16.0 Å². The molecule has 0 spiro atoms. The van der Waals surface area contributed by atoms with Crippen molar-refractivity contribution in [2.24, 2.45) is 0 Å². The molecule has 2 amide bonds. The number of nitrogens with zero attached hydrogens (tertiary/aromatic N) is 1. The number of aromatic amines is 1. The maximum atomic E-state index is 12.0. The van der Waals surface area contributed by atoms with E-state index in [1.54, 1.807) is 6.33 Å². The Labute approximate surface area is 116 Å². The molecule has 0 unspecified atom stereocenters. The van der Waals surface area contributed by atoms with E-state index in [1.165, 1.54) is 0 Å². The SMILES string of the molecule is Cc1ccccc1NC(=O)Nc1ccc2nc[nH]c2c1. The quantitative estimate of drug-likeness (QED) is 0.664. The molecule has 1 heterocycles. The number of aryl methyl sites for hydroxylation is 1. The van der Waals surface area contributed by atoms with Crippen molar-refractivity contribution in [1.29, 1.82) is 0 Å². The minimum absolute atomic E-state index is 0.266. The molecule has 20 heavy (non-hydrogen) atoms. The van der Waals surface area contributed by atoms with Crippen LogP contribution in [-0.2, 0) is 0 Å². The molecule has 3 rings (SSSR count). The Kier molecular flexibility index (Phi) is 3.09. The standard InChI is InChI=1S/C15H14N4O/c1-10-4-2-3-5-12(10)19-15(20)18-11-6-7-13-14(8-11)17-9-16-13/h2-9H,1H3,(H,16,17)(H2,18,19,20). The monoisotopic (exact) mass is 266 g/mol. The second-order valence-corrected chi connectivity index (χ2v) is 4.53. The van der Waals surface area contributed by atoms with E-state index in [2.05, 4.69) is 20.6 Å². The van der Waals surface area contributed by atoms with Crippen molar-refractivity contribution in [2.75, 3.05) is 10.6 Å². The second kappa shape index (κ2) is 5.05. The summed E-state index contributed by atoms with van der Waals surface area (Å²) in [5, 5.41) is 5.63. The summed E-state index contributed by atoms with van der Waals surface area (Å²) in [4.78, 5) is 19.1. The van der Waals surface area contributed by atoms with Gasteiger partial charge in [0, 0.05) is 11.4 Å². The van der Waals surface area contributed by atoms with Gasteiger partial charge in [0.15, 0.2) is 0 Å². The van der Waals surface area contributed by atoms with Crippen LogP contribution in [0.15, 0.2) is 48.8 Å². The van der Waals surface area contributed by atoms with Crippen LogP contribution in [0.1, 0.15) is 5.56 Å². The minimum atomic E-state index is -0.266. The Morgan fingerprint density at radius 1 is 1.15 bits per heavy atom. The number of benzene rings is 2. The van der Waals surface area contributed by atoms with Crippen LogP contribution >= 0.6 is 0 Å². The van der Waals surface area contributed by atoms with E-state index in [0.29, 0.717) is 5.69 Å². The Morgan fingerprint density at radius 2 is 2.00 bits per heavy atom. The summed E-state index contributed by atoms with van der Waals surface area (Å²) >= 11 is 0. The number of urea groups is 1. The zero-order valence-electron chi connectivity index (χ0n) is 11.0. The van der Waals surface area contributed by atoms with Gasteiger partial charge >= 0.3 is 6.03 Å². The highest BCUT2D eigenvalue weighted by Gasteiger charge is 2.05. The molecule has 0 fully saturated rings. The summed E-state index contributed by atoms with van der Waals surface area (Å²) in [6.45, 7) is 1.95. The fourth-order valence-electron chi connectivity index (χ4n) is 2.01. The Hall–Kier alpha value is -2.82. The van der Waals surface area contributed by atoms with Gasteiger partial charge in [0.1, 0.15) is 0 Å². The number of imidazole rings is 1. The lowest BCUT2D eigenvalue weighted by atomic mass is 10.2. The molecule has 0 aliphatic carbocycles. The zero-order valence-corrected chi connectivity index (χ0v) is 11.0. The van der Waals surface area contributed by atoms with Crippen LogP contribution in [0.5, 0.6) is 0 Å². The highest BCUT2D eigenvalue weighted by Crippen LogP contribution is 2.17. The first kappa shape index (κ1) is 12.2. The lowest BCUT2D eigenvalue weighted by Gasteiger charge is -2.09. The van der Waals surface area contributed by atoms with Gasteiger partial charge in [-0.15, -0.1) is 0 Å². The van der Waals surface area contributed by atoms with Gasteiger partial charge in [-0.1, -0.05) is 18.2 Å². The molecule has 0 aliphatic rings. The van der Waals surface area contributed by atoms with Crippen LogP contribution in [0.2, 0.25) is 0 Å². The third-order valence-electron chi connectivity index (χ3n) is 3.07. The van der Waals surface area contributed by atoms with Crippen molar-refractivity contribution in [1.82, 2.24) is 9.97 Å². The molecule has 5 nitrogen and oxygen atoms in total. The van der Waals surface area contributed by atoms with E-state index in [4.69, 9.17) is 0 Å². The molecule has 0 saturated carbocycles. The molecule has 0 aliphatic heterocycles. The van der Waals surface area contributed by atoms with Gasteiger partial charge in [0.05, 0.1) is 17.4 Å². The van der Waals surface area contributed by atoms with Crippen LogP contribution in [0.25, 0.3) is 11.0 Å². The van der Waals surface area contributed by atoms with E-state index in [1.807, 2.05) is 49.4 Å². The Bertz CT molecular complexity index is 763. The summed E-state index contributed by atoms with van der Waals surface area (Å²) in [5.74, 6) is 0. The van der Waals surface area contributed by atoms with E-state index in [9.17, 15) is 4.79 Å². The van der Waals surface area contributed by atoms with Gasteiger partial charge in [-0.05, 0) is 36.8 Å². The van der Waals surface area contributed by atoms with Gasteiger partial charge < -0.3 is 15.6 Å². The number of carbonyl (C=O) groups is 1. The first-order valence-corrected chi connectivity index (χ1v) is 6.29. The number of hydrogen-bond acceptors (Lipinski definition) is 2. The van der Waals surface area contributed by atoms with Gasteiger partial charge in [-0.2, -0.15) is 0 Å². The van der Waals surface area contributed by atoms with Crippen LogP contribution in [0.3, 0.4) is 0 Å². The first-order valence-electron chi connectivity index (χ1n) is 6.29. The third-order valence-corrected chi connectivity index (χ3v) is 3.07. The minimum Gasteiger partial charge on any atom is -0.345 e. The van der Waals surface area contributed by atoms with E-state index in [0.717, 1.165) is 22.3 Å². The maximum absolute atomic E-state index is 12.0. The third kappa shape index (κ3) is 2.47. The molecule has 0 saturated heterocycles. The molecule has 100 valence electrons. The molecular weight excluding hydrogens is 252 g/mol. The summed E-state index contributed by atoms with van der Waals surface area (Å²) < 4.78 is 0. The largest absolute Gasteiger partial charge is 0.345 e. The Morgan fingerprint density at radius 3 is 2.85 bits per heavy atom. The van der Waals surface area contributed by atoms with E-state index in [-0.39, 0.29) is 6.03 Å². The highest BCUT2D eigenvalue weighted by atomic mass is 16.2. The predicted molar refractivity (Wildman–Crippen MR) is 79.9 cm³/mol. The lowest BCUT2D eigenvalue weighted by Crippen LogP contribution is -2.19. The normalized spacial score (nSPS) is 10.4. The van der Waals surface area contributed by atoms with Gasteiger partial charge in [-0.25, -0.2) is 9.78 Å². The van der Waals surface area contributed by atoms with Gasteiger partial charge in [0.25, 0.3) is 0 Å². The summed E-state index contributed by atoms with van der Waals surface area (Å²) in [6, 6.07) is 12.9. The number of rotatable bonds is 2. The number of anilines is 2. The fraction of sp³-hybridized carbons (Fsp3) is 0.0667. The molecule has 0 bridgehead atoms. The summed E-state index contributed by atoms with van der Waals surface area (Å²) in [7, 11) is 0. The predicted octanol–water partition coefficient (Wildman–Crippen LogP) is 3.52. The molecule has 3 aromatic rings. The van der Waals surface area contributed by atoms with Crippen LogP contribution < -0.4 is 10.6 Å². The number of aromatic nitrogens is 2. The first-order chi connectivity index (χ1) is 9.72. The van der Waals surface area contributed by atoms with Crippen molar-refractivity contribution in [3.63, 3.8) is 0 Å². The van der Waals surface area contributed by atoms with Crippen molar-refractivity contribution >= 4 is 28.4 Å². The summed E-state index contributed by atoms with van der Waals surface area (Å²) in [6.07, 6.45) is 1.63. The van der Waals surface area contributed by atoms with E-state index >= 15 is 0 Å². The maximum Gasteiger partial charge on any atom is 0.323 e. The van der Waals surface area contributed by atoms with Crippen molar-refractivity contribution in [2.45, 2.75) is 6.92 Å². The van der Waals surface area contributed by atoms with E-state index < -0.39 is 0 Å². The molecule has 0 atom stereocenters. The number of para-hydroxylation sites is 1. The number of nitrogens with one attached hydrogen (secondary N) is 3. The number of amides is 2. The van der Waals surface area contributed by atoms with Crippen molar-refractivity contribution in [3.8, 4) is 0 Å². The molecule has 0 radical (unpaired) electrons. The number of carbonyl (C=O) groups excluding carboxylic acids is 1. The van der Waals surface area contributed by atoms with Crippen molar-refractivity contribution < 1.29 is 4.79 Å². The van der Waals surface area contributed by atoms with Gasteiger partial charge in [0.2, 0.25) is 0 Å².